The van der Waals surface area contributed by atoms with Crippen LogP contribution < -0.4 is 5.32 Å². The van der Waals surface area contributed by atoms with Crippen molar-refractivity contribution in [1.82, 2.24) is 15.2 Å². The number of pyridine rings is 1. The smallest absolute Gasteiger partial charge is 0.254 e. The molecule has 4 rings (SSSR count). The van der Waals surface area contributed by atoms with E-state index in [0.29, 0.717) is 25.2 Å². The van der Waals surface area contributed by atoms with Crippen LogP contribution in [0.2, 0.25) is 0 Å². The topological polar surface area (TPSA) is 62.3 Å². The minimum Gasteiger partial charge on any atom is -0.350 e. The Labute approximate surface area is 183 Å². The maximum Gasteiger partial charge on any atom is 0.254 e. The quantitative estimate of drug-likeness (QED) is 0.691. The first kappa shape index (κ1) is 20.8. The first-order chi connectivity index (χ1) is 15.0. The second-order valence-corrected chi connectivity index (χ2v) is 8.19. The molecule has 2 amide bonds. The summed E-state index contributed by atoms with van der Waals surface area (Å²) in [4.78, 5) is 32.5. The molecule has 0 aliphatic carbocycles. The van der Waals surface area contributed by atoms with Crippen LogP contribution in [0.4, 0.5) is 0 Å². The van der Waals surface area contributed by atoms with Crippen molar-refractivity contribution in [3.05, 3.63) is 101 Å². The van der Waals surface area contributed by atoms with E-state index in [1.807, 2.05) is 61.2 Å². The average Bonchev–Trinajstić information content (AvgIpc) is 3.24. The van der Waals surface area contributed by atoms with E-state index in [1.165, 1.54) is 5.56 Å². The number of hydrogen-bond acceptors (Lipinski definition) is 3. The predicted molar refractivity (Wildman–Crippen MR) is 121 cm³/mol. The number of rotatable bonds is 5. The number of aryl methyl sites for hydroxylation is 2. The number of carbonyl (C=O) groups excluding carboxylic acids is 2. The largest absolute Gasteiger partial charge is 0.350 e. The van der Waals surface area contributed by atoms with E-state index >= 15 is 0 Å². The van der Waals surface area contributed by atoms with Gasteiger partial charge in [-0.2, -0.15) is 0 Å². The molecule has 5 nitrogen and oxygen atoms in total. The molecule has 1 fully saturated rings. The minimum atomic E-state index is -0.306. The summed E-state index contributed by atoms with van der Waals surface area (Å²) in [7, 11) is 0. The van der Waals surface area contributed by atoms with Crippen LogP contribution in [-0.2, 0) is 11.3 Å². The van der Waals surface area contributed by atoms with Crippen molar-refractivity contribution in [2.24, 2.45) is 5.92 Å². The molecule has 0 bridgehead atoms. The number of benzene rings is 2. The molecule has 0 radical (unpaired) electrons. The Bertz CT molecular complexity index is 1060. The zero-order chi connectivity index (χ0) is 21.8. The lowest BCUT2D eigenvalue weighted by atomic mass is 9.88. The third kappa shape index (κ3) is 4.66. The first-order valence-electron chi connectivity index (χ1n) is 10.6. The standard InChI is InChI=1S/C26H27N3O2/c1-18-10-12-20(13-11-18)23-16-29(26(31)22-9-4-3-7-19(22)2)17-24(23)25(30)28-15-21-8-5-6-14-27-21/h3-14,23-24H,15-17H2,1-2H3,(H,28,30)/t23-,24-/m1/s1. The van der Waals surface area contributed by atoms with E-state index in [2.05, 4.69) is 34.6 Å². The molecule has 0 spiro atoms. The highest BCUT2D eigenvalue weighted by Crippen LogP contribution is 2.34. The molecule has 1 aromatic heterocycles. The lowest BCUT2D eigenvalue weighted by molar-refractivity contribution is -0.125. The zero-order valence-corrected chi connectivity index (χ0v) is 17.9. The Morgan fingerprint density at radius 2 is 1.71 bits per heavy atom. The maximum absolute atomic E-state index is 13.2. The number of carbonyl (C=O) groups is 2. The van der Waals surface area contributed by atoms with E-state index in [1.54, 1.807) is 6.20 Å². The average molecular weight is 414 g/mol. The molecule has 1 aliphatic heterocycles. The molecule has 0 unspecified atom stereocenters. The molecule has 0 saturated carbocycles. The monoisotopic (exact) mass is 413 g/mol. The van der Waals surface area contributed by atoms with Crippen LogP contribution in [0.1, 0.15) is 38.7 Å². The van der Waals surface area contributed by atoms with Crippen LogP contribution in [0.5, 0.6) is 0 Å². The van der Waals surface area contributed by atoms with E-state index in [4.69, 9.17) is 0 Å². The Morgan fingerprint density at radius 1 is 0.968 bits per heavy atom. The van der Waals surface area contributed by atoms with Crippen molar-refractivity contribution in [2.75, 3.05) is 13.1 Å². The van der Waals surface area contributed by atoms with Crippen molar-refractivity contribution in [1.29, 1.82) is 0 Å². The Kier molecular flexibility index (Phi) is 6.12. The molecular weight excluding hydrogens is 386 g/mol. The highest BCUT2D eigenvalue weighted by molar-refractivity contribution is 5.96. The highest BCUT2D eigenvalue weighted by Gasteiger charge is 2.40. The summed E-state index contributed by atoms with van der Waals surface area (Å²) < 4.78 is 0. The Balaban J connectivity index is 1.56. The van der Waals surface area contributed by atoms with Crippen LogP contribution in [0.25, 0.3) is 0 Å². The minimum absolute atomic E-state index is 0.0183. The summed E-state index contributed by atoms with van der Waals surface area (Å²) in [5.41, 5.74) is 4.71. The molecule has 2 aromatic carbocycles. The van der Waals surface area contributed by atoms with Crippen molar-refractivity contribution < 1.29 is 9.59 Å². The van der Waals surface area contributed by atoms with Gasteiger partial charge in [-0.1, -0.05) is 54.1 Å². The fourth-order valence-corrected chi connectivity index (χ4v) is 4.18. The van der Waals surface area contributed by atoms with Gasteiger partial charge in [-0.05, 0) is 43.2 Å². The van der Waals surface area contributed by atoms with Gasteiger partial charge in [0.15, 0.2) is 0 Å². The Morgan fingerprint density at radius 3 is 2.42 bits per heavy atom. The van der Waals surface area contributed by atoms with Gasteiger partial charge in [0.1, 0.15) is 0 Å². The van der Waals surface area contributed by atoms with Gasteiger partial charge in [0.25, 0.3) is 5.91 Å². The zero-order valence-electron chi connectivity index (χ0n) is 17.9. The van der Waals surface area contributed by atoms with E-state index in [0.717, 1.165) is 16.8 Å². The molecule has 2 heterocycles. The predicted octanol–water partition coefficient (Wildman–Crippen LogP) is 3.87. The molecule has 31 heavy (non-hydrogen) atoms. The number of likely N-dealkylation sites (tertiary alicyclic amines) is 1. The third-order valence-corrected chi connectivity index (χ3v) is 5.99. The van der Waals surface area contributed by atoms with Crippen LogP contribution in [0, 0.1) is 19.8 Å². The summed E-state index contributed by atoms with van der Waals surface area (Å²) in [6, 6.07) is 21.5. The molecule has 158 valence electrons. The fourth-order valence-electron chi connectivity index (χ4n) is 4.18. The number of nitrogens with zero attached hydrogens (tertiary/aromatic N) is 2. The summed E-state index contributed by atoms with van der Waals surface area (Å²) in [6.45, 7) is 5.29. The second kappa shape index (κ2) is 9.13. The Hall–Kier alpha value is -3.47. The van der Waals surface area contributed by atoms with Gasteiger partial charge in [-0.3, -0.25) is 14.6 Å². The van der Waals surface area contributed by atoms with Gasteiger partial charge in [0.2, 0.25) is 5.91 Å². The second-order valence-electron chi connectivity index (χ2n) is 8.19. The number of hydrogen-bond donors (Lipinski definition) is 1. The van der Waals surface area contributed by atoms with Crippen LogP contribution >= 0.6 is 0 Å². The summed E-state index contributed by atoms with van der Waals surface area (Å²) in [5, 5.41) is 3.02. The van der Waals surface area contributed by atoms with E-state index in [9.17, 15) is 9.59 Å². The lowest BCUT2D eigenvalue weighted by Gasteiger charge is -2.18. The number of nitrogens with one attached hydrogen (secondary N) is 1. The third-order valence-electron chi connectivity index (χ3n) is 5.99. The van der Waals surface area contributed by atoms with Crippen molar-refractivity contribution in [3.63, 3.8) is 0 Å². The van der Waals surface area contributed by atoms with Crippen molar-refractivity contribution in [2.45, 2.75) is 26.3 Å². The van der Waals surface area contributed by atoms with Gasteiger partial charge in [0.05, 0.1) is 18.2 Å². The molecule has 1 aliphatic rings. The van der Waals surface area contributed by atoms with Crippen LogP contribution in [0.15, 0.2) is 72.9 Å². The van der Waals surface area contributed by atoms with Gasteiger partial charge < -0.3 is 10.2 Å². The fraction of sp³-hybridized carbons (Fsp3) is 0.269. The molecule has 5 heteroatoms. The molecule has 1 saturated heterocycles. The van der Waals surface area contributed by atoms with Gasteiger partial charge in [-0.15, -0.1) is 0 Å². The van der Waals surface area contributed by atoms with Crippen molar-refractivity contribution >= 4 is 11.8 Å². The van der Waals surface area contributed by atoms with Crippen molar-refractivity contribution in [3.8, 4) is 0 Å². The van der Waals surface area contributed by atoms with Crippen LogP contribution in [-0.4, -0.2) is 34.8 Å². The first-order valence-corrected chi connectivity index (χ1v) is 10.6. The normalized spacial score (nSPS) is 18.1. The molecule has 2 atom stereocenters. The van der Waals surface area contributed by atoms with Gasteiger partial charge in [0, 0.05) is 30.8 Å². The summed E-state index contributed by atoms with van der Waals surface area (Å²) in [5.74, 6) is -0.414. The van der Waals surface area contributed by atoms with Crippen LogP contribution in [0.3, 0.4) is 0 Å². The molecular formula is C26H27N3O2. The number of aromatic nitrogens is 1. The SMILES string of the molecule is Cc1ccc([C@H]2CN(C(=O)c3ccccc3C)C[C@H]2C(=O)NCc2ccccn2)cc1. The number of amides is 2. The van der Waals surface area contributed by atoms with E-state index in [-0.39, 0.29) is 23.7 Å². The maximum atomic E-state index is 13.2. The molecule has 3 aromatic rings. The summed E-state index contributed by atoms with van der Waals surface area (Å²) in [6.07, 6.45) is 1.72. The molecule has 1 N–H and O–H groups in total. The van der Waals surface area contributed by atoms with Gasteiger partial charge in [-0.25, -0.2) is 0 Å². The van der Waals surface area contributed by atoms with E-state index < -0.39 is 0 Å². The van der Waals surface area contributed by atoms with Gasteiger partial charge >= 0.3 is 0 Å². The highest BCUT2D eigenvalue weighted by atomic mass is 16.2. The summed E-state index contributed by atoms with van der Waals surface area (Å²) >= 11 is 0. The lowest BCUT2D eigenvalue weighted by Crippen LogP contribution is -2.35.